The van der Waals surface area contributed by atoms with E-state index < -0.39 is 12.1 Å². The molecule has 1 aliphatic rings. The summed E-state index contributed by atoms with van der Waals surface area (Å²) < 4.78 is 5.26. The largest absolute Gasteiger partial charge is 0.389 e. The molecule has 0 aromatic rings. The van der Waals surface area contributed by atoms with Crippen molar-refractivity contribution in [3.8, 4) is 0 Å². The number of hydrogen-bond donors (Lipinski definition) is 4. The minimum atomic E-state index is -0.673. The molecule has 4 unspecified atom stereocenters. The molecular formula is C6H15N3O2. The summed E-state index contributed by atoms with van der Waals surface area (Å²) in [6, 6.07) is -0.395. The Bertz CT molecular complexity index is 115. The van der Waals surface area contributed by atoms with Crippen LogP contribution in [0.4, 0.5) is 0 Å². The lowest BCUT2D eigenvalue weighted by Gasteiger charge is -2.12. The molecule has 1 heterocycles. The standard InChI is InChI=1S/C6H15N3O2/c7-1-3-5(9)6(10)4(2-8)11-3/h3-6,10H,1-2,7-9H2. The maximum atomic E-state index is 9.37. The molecule has 1 aliphatic heterocycles. The van der Waals surface area contributed by atoms with Crippen LogP contribution in [0.25, 0.3) is 0 Å². The van der Waals surface area contributed by atoms with Crippen molar-refractivity contribution >= 4 is 0 Å². The second kappa shape index (κ2) is 3.46. The number of hydrogen-bond acceptors (Lipinski definition) is 5. The summed E-state index contributed by atoms with van der Waals surface area (Å²) in [5.41, 5.74) is 16.3. The van der Waals surface area contributed by atoms with Crippen LogP contribution in [0.2, 0.25) is 0 Å². The quantitative estimate of drug-likeness (QED) is 0.354. The fourth-order valence-electron chi connectivity index (χ4n) is 1.27. The Hall–Kier alpha value is -0.200. The summed E-state index contributed by atoms with van der Waals surface area (Å²) in [6.45, 7) is 0.611. The van der Waals surface area contributed by atoms with Crippen LogP contribution in [0.15, 0.2) is 0 Å². The molecule has 0 saturated carbocycles. The van der Waals surface area contributed by atoms with Gasteiger partial charge in [0.2, 0.25) is 0 Å². The van der Waals surface area contributed by atoms with Crippen LogP contribution in [-0.2, 0) is 4.74 Å². The third-order valence-corrected chi connectivity index (χ3v) is 2.02. The van der Waals surface area contributed by atoms with Gasteiger partial charge < -0.3 is 27.0 Å². The first-order valence-electron chi connectivity index (χ1n) is 3.70. The maximum Gasteiger partial charge on any atom is 0.0990 e. The van der Waals surface area contributed by atoms with Crippen molar-refractivity contribution in [2.75, 3.05) is 13.1 Å². The highest BCUT2D eigenvalue weighted by molar-refractivity contribution is 4.94. The molecular weight excluding hydrogens is 146 g/mol. The van der Waals surface area contributed by atoms with E-state index >= 15 is 0 Å². The lowest BCUT2D eigenvalue weighted by molar-refractivity contribution is 0.0193. The number of nitrogens with two attached hydrogens (primary N) is 3. The Kier molecular flexibility index (Phi) is 2.80. The van der Waals surface area contributed by atoms with Gasteiger partial charge in [0.25, 0.3) is 0 Å². The van der Waals surface area contributed by atoms with Gasteiger partial charge in [-0.25, -0.2) is 0 Å². The first kappa shape index (κ1) is 8.89. The summed E-state index contributed by atoms with van der Waals surface area (Å²) >= 11 is 0. The van der Waals surface area contributed by atoms with Crippen molar-refractivity contribution in [3.63, 3.8) is 0 Å². The van der Waals surface area contributed by atoms with E-state index in [4.69, 9.17) is 21.9 Å². The Balaban J connectivity index is 2.53. The van der Waals surface area contributed by atoms with Gasteiger partial charge in [-0.15, -0.1) is 0 Å². The van der Waals surface area contributed by atoms with Gasteiger partial charge in [0.05, 0.1) is 24.4 Å². The van der Waals surface area contributed by atoms with E-state index in [9.17, 15) is 5.11 Å². The zero-order valence-electron chi connectivity index (χ0n) is 6.31. The van der Waals surface area contributed by atoms with Gasteiger partial charge in [-0.2, -0.15) is 0 Å². The molecule has 0 bridgehead atoms. The van der Waals surface area contributed by atoms with Crippen molar-refractivity contribution in [1.29, 1.82) is 0 Å². The van der Waals surface area contributed by atoms with Crippen molar-refractivity contribution < 1.29 is 9.84 Å². The third kappa shape index (κ3) is 1.52. The van der Waals surface area contributed by atoms with Crippen molar-refractivity contribution in [1.82, 2.24) is 0 Å². The van der Waals surface area contributed by atoms with Crippen LogP contribution in [0.5, 0.6) is 0 Å². The zero-order valence-corrected chi connectivity index (χ0v) is 6.31. The number of aliphatic hydroxyl groups excluding tert-OH is 1. The van der Waals surface area contributed by atoms with Crippen LogP contribution in [0, 0.1) is 0 Å². The lowest BCUT2D eigenvalue weighted by atomic mass is 10.1. The molecule has 66 valence electrons. The maximum absolute atomic E-state index is 9.37. The Morgan fingerprint density at radius 3 is 2.00 bits per heavy atom. The average molecular weight is 161 g/mol. The lowest BCUT2D eigenvalue weighted by Crippen LogP contribution is -2.44. The molecule has 4 atom stereocenters. The monoisotopic (exact) mass is 161 g/mol. The predicted molar refractivity (Wildman–Crippen MR) is 40.8 cm³/mol. The fourth-order valence-corrected chi connectivity index (χ4v) is 1.27. The van der Waals surface area contributed by atoms with E-state index in [-0.39, 0.29) is 18.8 Å². The molecule has 1 fully saturated rings. The van der Waals surface area contributed by atoms with Gasteiger partial charge in [-0.1, -0.05) is 0 Å². The van der Waals surface area contributed by atoms with Crippen molar-refractivity contribution in [3.05, 3.63) is 0 Å². The topological polar surface area (TPSA) is 108 Å². The van der Waals surface area contributed by atoms with Crippen LogP contribution in [0.1, 0.15) is 0 Å². The molecule has 5 heteroatoms. The SMILES string of the molecule is NCC1OC(CN)C(O)C1N. The van der Waals surface area contributed by atoms with Gasteiger partial charge in [-0.3, -0.25) is 0 Å². The van der Waals surface area contributed by atoms with Gasteiger partial charge >= 0.3 is 0 Å². The number of rotatable bonds is 2. The van der Waals surface area contributed by atoms with Crippen molar-refractivity contribution in [2.45, 2.75) is 24.4 Å². The van der Waals surface area contributed by atoms with Gasteiger partial charge in [0, 0.05) is 13.1 Å². The van der Waals surface area contributed by atoms with Crippen molar-refractivity contribution in [2.24, 2.45) is 17.2 Å². The van der Waals surface area contributed by atoms with Gasteiger partial charge in [-0.05, 0) is 0 Å². The molecule has 0 aliphatic carbocycles. The average Bonchev–Trinajstić information content (AvgIpc) is 2.30. The smallest absolute Gasteiger partial charge is 0.0990 e. The molecule has 7 N–H and O–H groups in total. The Morgan fingerprint density at radius 2 is 1.73 bits per heavy atom. The molecule has 0 aromatic heterocycles. The summed E-state index contributed by atoms with van der Waals surface area (Å²) in [4.78, 5) is 0. The number of ether oxygens (including phenoxy) is 1. The molecule has 1 saturated heterocycles. The first-order valence-corrected chi connectivity index (χ1v) is 3.70. The second-order valence-electron chi connectivity index (χ2n) is 2.75. The summed E-state index contributed by atoms with van der Waals surface area (Å²) in [5.74, 6) is 0. The highest BCUT2D eigenvalue weighted by atomic mass is 16.5. The van der Waals surface area contributed by atoms with Crippen LogP contribution >= 0.6 is 0 Å². The molecule has 0 spiro atoms. The minimum Gasteiger partial charge on any atom is -0.389 e. The fraction of sp³-hybridized carbons (Fsp3) is 1.00. The van der Waals surface area contributed by atoms with Crippen LogP contribution < -0.4 is 17.2 Å². The van der Waals surface area contributed by atoms with Crippen LogP contribution in [0.3, 0.4) is 0 Å². The summed E-state index contributed by atoms with van der Waals surface area (Å²) in [7, 11) is 0. The zero-order chi connectivity index (χ0) is 8.43. The second-order valence-corrected chi connectivity index (χ2v) is 2.75. The molecule has 11 heavy (non-hydrogen) atoms. The Labute approximate surface area is 65.5 Å². The summed E-state index contributed by atoms with van der Waals surface area (Å²) in [6.07, 6.45) is -1.27. The molecule has 0 radical (unpaired) electrons. The van der Waals surface area contributed by atoms with E-state index in [2.05, 4.69) is 0 Å². The van der Waals surface area contributed by atoms with Gasteiger partial charge in [0.15, 0.2) is 0 Å². The van der Waals surface area contributed by atoms with E-state index in [1.54, 1.807) is 0 Å². The molecule has 0 amide bonds. The highest BCUT2D eigenvalue weighted by Crippen LogP contribution is 2.17. The van der Waals surface area contributed by atoms with E-state index in [0.717, 1.165) is 0 Å². The van der Waals surface area contributed by atoms with E-state index in [0.29, 0.717) is 6.54 Å². The third-order valence-electron chi connectivity index (χ3n) is 2.02. The molecule has 5 nitrogen and oxygen atoms in total. The van der Waals surface area contributed by atoms with Gasteiger partial charge in [0.1, 0.15) is 0 Å². The predicted octanol–water partition coefficient (Wildman–Crippen LogP) is -2.64. The van der Waals surface area contributed by atoms with E-state index in [1.165, 1.54) is 0 Å². The van der Waals surface area contributed by atoms with E-state index in [1.807, 2.05) is 0 Å². The minimum absolute atomic E-state index is 0.251. The Morgan fingerprint density at radius 1 is 1.18 bits per heavy atom. The summed E-state index contributed by atoms with van der Waals surface area (Å²) in [5, 5.41) is 9.37. The molecule has 1 rings (SSSR count). The highest BCUT2D eigenvalue weighted by Gasteiger charge is 2.39. The molecule has 0 aromatic carbocycles. The number of aliphatic hydroxyl groups is 1. The normalized spacial score (nSPS) is 44.7. The van der Waals surface area contributed by atoms with Crippen LogP contribution in [-0.4, -0.2) is 42.5 Å². The first-order chi connectivity index (χ1) is 5.20.